The van der Waals surface area contributed by atoms with Crippen LogP contribution in [0.25, 0.3) is 0 Å². The van der Waals surface area contributed by atoms with Crippen LogP contribution in [0.1, 0.15) is 64.0 Å². The van der Waals surface area contributed by atoms with Gasteiger partial charge in [0.2, 0.25) is 21.8 Å². The largest absolute Gasteiger partial charge is 0.354 e. The number of nitrogens with one attached hydrogen (secondary N) is 1. The Morgan fingerprint density at radius 3 is 2.16 bits per heavy atom. The van der Waals surface area contributed by atoms with Crippen LogP contribution in [0.15, 0.2) is 42.5 Å². The Balaban J connectivity index is 2.53. The minimum absolute atomic E-state index is 0.0290. The highest BCUT2D eigenvalue weighted by molar-refractivity contribution is 7.92. The fraction of sp³-hybridized carbons (Fsp3) is 0.481. The average Bonchev–Trinajstić information content (AvgIpc) is 2.83. The van der Waals surface area contributed by atoms with Gasteiger partial charge >= 0.3 is 0 Å². The van der Waals surface area contributed by atoms with Crippen molar-refractivity contribution >= 4 is 50.7 Å². The van der Waals surface area contributed by atoms with Crippen molar-refractivity contribution in [1.82, 2.24) is 10.2 Å². The number of rotatable bonds is 13. The standard InChI is InChI=1S/C27H37Cl2N3O4S/c1-6-8-16-30-27(34)24(7-2)31(17-21-22(28)13-11-14-23(21)29)26(33)18-32(37(5,35)36)25-15-10-9-12-20(25)19(3)4/h9-15,19,24H,6-8,16-18H2,1-5H3,(H,30,34)/t24-/m0/s1. The van der Waals surface area contributed by atoms with Crippen molar-refractivity contribution in [3.63, 3.8) is 0 Å². The molecule has 0 radical (unpaired) electrons. The predicted octanol–water partition coefficient (Wildman–Crippen LogP) is 5.61. The maximum Gasteiger partial charge on any atom is 0.244 e. The molecule has 0 spiro atoms. The summed E-state index contributed by atoms with van der Waals surface area (Å²) < 4.78 is 26.9. The van der Waals surface area contributed by atoms with E-state index in [4.69, 9.17) is 23.2 Å². The van der Waals surface area contributed by atoms with Crippen molar-refractivity contribution in [2.24, 2.45) is 0 Å². The van der Waals surface area contributed by atoms with Crippen molar-refractivity contribution in [3.8, 4) is 0 Å². The minimum atomic E-state index is -3.83. The molecule has 0 saturated heterocycles. The van der Waals surface area contributed by atoms with E-state index < -0.39 is 28.5 Å². The van der Waals surface area contributed by atoms with Gasteiger partial charge in [-0.2, -0.15) is 0 Å². The molecule has 1 N–H and O–H groups in total. The fourth-order valence-electron chi connectivity index (χ4n) is 4.08. The third-order valence-electron chi connectivity index (χ3n) is 6.11. The maximum atomic E-state index is 13.9. The summed E-state index contributed by atoms with van der Waals surface area (Å²) in [5, 5.41) is 3.61. The van der Waals surface area contributed by atoms with Gasteiger partial charge in [0.1, 0.15) is 12.6 Å². The number of para-hydroxylation sites is 1. The van der Waals surface area contributed by atoms with Gasteiger partial charge in [-0.05, 0) is 42.5 Å². The first-order chi connectivity index (χ1) is 17.4. The summed E-state index contributed by atoms with van der Waals surface area (Å²) in [4.78, 5) is 28.4. The van der Waals surface area contributed by atoms with Crippen LogP contribution >= 0.6 is 23.2 Å². The topological polar surface area (TPSA) is 86.8 Å². The van der Waals surface area contributed by atoms with Gasteiger partial charge in [-0.3, -0.25) is 13.9 Å². The van der Waals surface area contributed by atoms with E-state index in [-0.39, 0.29) is 18.4 Å². The minimum Gasteiger partial charge on any atom is -0.354 e. The second-order valence-corrected chi connectivity index (χ2v) is 12.0. The monoisotopic (exact) mass is 569 g/mol. The van der Waals surface area contributed by atoms with Gasteiger partial charge in [0.25, 0.3) is 0 Å². The lowest BCUT2D eigenvalue weighted by Crippen LogP contribution is -2.52. The van der Waals surface area contributed by atoms with Crippen LogP contribution < -0.4 is 9.62 Å². The molecule has 2 amide bonds. The molecule has 0 fully saturated rings. The second-order valence-electron chi connectivity index (χ2n) is 9.27. The van der Waals surface area contributed by atoms with Crippen LogP contribution in [0.3, 0.4) is 0 Å². The molecule has 0 bridgehead atoms. The first-order valence-electron chi connectivity index (χ1n) is 12.5. The molecule has 2 aromatic carbocycles. The highest BCUT2D eigenvalue weighted by atomic mass is 35.5. The molecule has 0 heterocycles. The van der Waals surface area contributed by atoms with Crippen molar-refractivity contribution in [2.75, 3.05) is 23.7 Å². The van der Waals surface area contributed by atoms with Crippen LogP contribution in [-0.2, 0) is 26.2 Å². The highest BCUT2D eigenvalue weighted by Gasteiger charge is 2.33. The summed E-state index contributed by atoms with van der Waals surface area (Å²) in [6.07, 6.45) is 3.11. The van der Waals surface area contributed by atoms with Gasteiger partial charge in [-0.15, -0.1) is 0 Å². The summed E-state index contributed by atoms with van der Waals surface area (Å²) in [6, 6.07) is 11.3. The number of carbonyl (C=O) groups excluding carboxylic acids is 2. The normalized spacial score (nSPS) is 12.3. The average molecular weight is 571 g/mol. The number of unbranched alkanes of at least 4 members (excludes halogenated alkanes) is 1. The van der Waals surface area contributed by atoms with Gasteiger partial charge in [0.05, 0.1) is 11.9 Å². The lowest BCUT2D eigenvalue weighted by atomic mass is 10.0. The van der Waals surface area contributed by atoms with Crippen LogP contribution in [0, 0.1) is 0 Å². The molecule has 0 aliphatic rings. The van der Waals surface area contributed by atoms with E-state index in [1.165, 1.54) is 4.90 Å². The molecule has 0 aliphatic carbocycles. The summed E-state index contributed by atoms with van der Waals surface area (Å²) in [7, 11) is -3.83. The molecule has 7 nitrogen and oxygen atoms in total. The van der Waals surface area contributed by atoms with Crippen molar-refractivity contribution < 1.29 is 18.0 Å². The first-order valence-corrected chi connectivity index (χ1v) is 15.1. The fourth-order valence-corrected chi connectivity index (χ4v) is 5.46. The smallest absolute Gasteiger partial charge is 0.244 e. The molecule has 0 aromatic heterocycles. The Morgan fingerprint density at radius 2 is 1.62 bits per heavy atom. The van der Waals surface area contributed by atoms with Crippen LogP contribution in [0.2, 0.25) is 10.0 Å². The lowest BCUT2D eigenvalue weighted by molar-refractivity contribution is -0.140. The van der Waals surface area contributed by atoms with Gasteiger partial charge in [0.15, 0.2) is 0 Å². The molecule has 0 saturated carbocycles. The van der Waals surface area contributed by atoms with Crippen molar-refractivity contribution in [1.29, 1.82) is 0 Å². The summed E-state index contributed by atoms with van der Waals surface area (Å²) >= 11 is 12.8. The molecule has 2 aromatic rings. The maximum absolute atomic E-state index is 13.9. The number of halogens is 2. The van der Waals surface area contributed by atoms with Crippen LogP contribution in [0.4, 0.5) is 5.69 Å². The van der Waals surface area contributed by atoms with Gasteiger partial charge < -0.3 is 10.2 Å². The first kappa shape index (κ1) is 30.9. The molecule has 0 unspecified atom stereocenters. The number of carbonyl (C=O) groups is 2. The third kappa shape index (κ3) is 8.35. The van der Waals surface area contributed by atoms with Gasteiger partial charge in [0, 0.05) is 28.7 Å². The molecular weight excluding hydrogens is 533 g/mol. The molecule has 204 valence electrons. The van der Waals surface area contributed by atoms with E-state index in [9.17, 15) is 18.0 Å². The zero-order valence-corrected chi connectivity index (χ0v) is 24.5. The molecule has 0 aliphatic heterocycles. The van der Waals surface area contributed by atoms with E-state index in [0.29, 0.717) is 34.3 Å². The zero-order valence-electron chi connectivity index (χ0n) is 22.1. The number of nitrogens with zero attached hydrogens (tertiary/aromatic N) is 2. The van der Waals surface area contributed by atoms with Gasteiger partial charge in [-0.1, -0.05) is 81.6 Å². The zero-order chi connectivity index (χ0) is 27.8. The Hall–Kier alpha value is -2.29. The second kappa shape index (κ2) is 14.0. The molecule has 10 heteroatoms. The molecule has 37 heavy (non-hydrogen) atoms. The Morgan fingerprint density at radius 1 is 1.00 bits per heavy atom. The van der Waals surface area contributed by atoms with E-state index in [0.717, 1.165) is 29.0 Å². The molecule has 2 rings (SSSR count). The summed E-state index contributed by atoms with van der Waals surface area (Å²) in [5.41, 5.74) is 1.72. The van der Waals surface area contributed by atoms with Crippen molar-refractivity contribution in [3.05, 3.63) is 63.6 Å². The Kier molecular flexibility index (Phi) is 11.7. The third-order valence-corrected chi connectivity index (χ3v) is 7.95. The van der Waals surface area contributed by atoms with Crippen molar-refractivity contribution in [2.45, 2.75) is 65.5 Å². The predicted molar refractivity (Wildman–Crippen MR) is 152 cm³/mol. The number of sulfonamides is 1. The van der Waals surface area contributed by atoms with E-state index in [1.54, 1.807) is 37.3 Å². The van der Waals surface area contributed by atoms with E-state index in [1.807, 2.05) is 32.9 Å². The number of amides is 2. The Bertz CT molecular complexity index is 1170. The summed E-state index contributed by atoms with van der Waals surface area (Å²) in [6.45, 7) is 7.72. The molecule has 1 atom stereocenters. The summed E-state index contributed by atoms with van der Waals surface area (Å²) in [5.74, 6) is -0.806. The highest BCUT2D eigenvalue weighted by Crippen LogP contribution is 2.30. The number of hydrogen-bond donors (Lipinski definition) is 1. The SMILES string of the molecule is CCCCNC(=O)[C@H](CC)N(Cc1c(Cl)cccc1Cl)C(=O)CN(c1ccccc1C(C)C)S(C)(=O)=O. The van der Waals surface area contributed by atoms with Gasteiger partial charge in [-0.25, -0.2) is 8.42 Å². The number of anilines is 1. The lowest BCUT2D eigenvalue weighted by Gasteiger charge is -2.33. The van der Waals surface area contributed by atoms with Crippen LogP contribution in [0.5, 0.6) is 0 Å². The molecular formula is C27H37Cl2N3O4S. The van der Waals surface area contributed by atoms with E-state index >= 15 is 0 Å². The number of benzene rings is 2. The number of hydrogen-bond acceptors (Lipinski definition) is 4. The Labute approximate surface area is 231 Å². The quantitative estimate of drug-likeness (QED) is 0.318. The van der Waals surface area contributed by atoms with Crippen LogP contribution in [-0.4, -0.2) is 50.5 Å². The van der Waals surface area contributed by atoms with E-state index in [2.05, 4.69) is 5.32 Å².